The molecule has 0 radical (unpaired) electrons. The number of rotatable bonds is 5. The van der Waals surface area contributed by atoms with E-state index in [0.717, 1.165) is 17.0 Å². The van der Waals surface area contributed by atoms with E-state index >= 15 is 0 Å². The predicted molar refractivity (Wildman–Crippen MR) is 102 cm³/mol. The first-order chi connectivity index (χ1) is 12.1. The van der Waals surface area contributed by atoms with Crippen LogP contribution in [0.25, 0.3) is 0 Å². The monoisotopic (exact) mass is 377 g/mol. The van der Waals surface area contributed by atoms with E-state index in [1.165, 1.54) is 12.1 Å². The van der Waals surface area contributed by atoms with Gasteiger partial charge >= 0.3 is 6.03 Å². The molecule has 3 N–H and O–H groups in total. The summed E-state index contributed by atoms with van der Waals surface area (Å²) in [6.45, 7) is 8.25. The van der Waals surface area contributed by atoms with Gasteiger partial charge in [0.25, 0.3) is 0 Å². The van der Waals surface area contributed by atoms with Crippen molar-refractivity contribution in [3.8, 4) is 0 Å². The minimum atomic E-state index is -0.612. The van der Waals surface area contributed by atoms with Crippen molar-refractivity contribution in [3.63, 3.8) is 0 Å². The molecule has 2 rings (SSSR count). The lowest BCUT2D eigenvalue weighted by molar-refractivity contribution is 0.100. The SMILES string of the molecule is Cc1nn(C)c(C)c1CN(C(=O)Nc1ccc(C(N)=O)c(Cl)c1)C(C)C. The Morgan fingerprint density at radius 1 is 1.35 bits per heavy atom. The molecule has 0 aliphatic rings. The smallest absolute Gasteiger partial charge is 0.322 e. The largest absolute Gasteiger partial charge is 0.366 e. The van der Waals surface area contributed by atoms with Gasteiger partial charge in [0.2, 0.25) is 5.91 Å². The number of carbonyl (C=O) groups excluding carboxylic acids is 2. The molecule has 0 saturated carbocycles. The first-order valence-electron chi connectivity index (χ1n) is 8.27. The van der Waals surface area contributed by atoms with E-state index in [-0.39, 0.29) is 22.7 Å². The number of hydrogen-bond donors (Lipinski definition) is 2. The van der Waals surface area contributed by atoms with Crippen molar-refractivity contribution in [2.24, 2.45) is 12.8 Å². The zero-order valence-corrected chi connectivity index (χ0v) is 16.4. The van der Waals surface area contributed by atoms with Gasteiger partial charge in [-0.3, -0.25) is 9.48 Å². The summed E-state index contributed by atoms with van der Waals surface area (Å²) in [7, 11) is 1.88. The molecule has 0 fully saturated rings. The zero-order valence-electron chi connectivity index (χ0n) is 15.6. The third kappa shape index (κ3) is 4.16. The average molecular weight is 378 g/mol. The number of nitrogens with two attached hydrogens (primary N) is 1. The van der Waals surface area contributed by atoms with Gasteiger partial charge in [-0.15, -0.1) is 0 Å². The fourth-order valence-electron chi connectivity index (χ4n) is 2.69. The van der Waals surface area contributed by atoms with Gasteiger partial charge in [0, 0.05) is 30.0 Å². The van der Waals surface area contributed by atoms with Crippen molar-refractivity contribution in [3.05, 3.63) is 45.7 Å². The first kappa shape index (κ1) is 19.8. The number of benzene rings is 1. The highest BCUT2D eigenvalue weighted by Crippen LogP contribution is 2.22. The number of carbonyl (C=O) groups is 2. The Labute approximate surface area is 158 Å². The number of aromatic nitrogens is 2. The van der Waals surface area contributed by atoms with Gasteiger partial charge in [-0.05, 0) is 45.9 Å². The van der Waals surface area contributed by atoms with Crippen molar-refractivity contribution in [2.75, 3.05) is 5.32 Å². The van der Waals surface area contributed by atoms with Crippen LogP contribution in [-0.4, -0.2) is 32.7 Å². The van der Waals surface area contributed by atoms with Crippen LogP contribution in [0.4, 0.5) is 10.5 Å². The summed E-state index contributed by atoms with van der Waals surface area (Å²) < 4.78 is 1.81. The van der Waals surface area contributed by atoms with Crippen LogP contribution in [0, 0.1) is 13.8 Å². The Morgan fingerprint density at radius 3 is 2.46 bits per heavy atom. The summed E-state index contributed by atoms with van der Waals surface area (Å²) in [5.41, 5.74) is 8.90. The van der Waals surface area contributed by atoms with Gasteiger partial charge in [-0.2, -0.15) is 5.10 Å². The van der Waals surface area contributed by atoms with E-state index in [2.05, 4.69) is 10.4 Å². The molecule has 1 aromatic carbocycles. The molecule has 1 aromatic heterocycles. The molecule has 26 heavy (non-hydrogen) atoms. The Balaban J connectivity index is 2.21. The summed E-state index contributed by atoms with van der Waals surface area (Å²) in [6.07, 6.45) is 0. The minimum absolute atomic E-state index is 0.0191. The molecule has 140 valence electrons. The van der Waals surface area contributed by atoms with Crippen molar-refractivity contribution in [2.45, 2.75) is 40.3 Å². The highest BCUT2D eigenvalue weighted by atomic mass is 35.5. The molecule has 2 aromatic rings. The third-order valence-electron chi connectivity index (χ3n) is 4.36. The van der Waals surface area contributed by atoms with Gasteiger partial charge in [0.05, 0.1) is 22.8 Å². The molecule has 0 unspecified atom stereocenters. The van der Waals surface area contributed by atoms with Crippen LogP contribution in [0.3, 0.4) is 0 Å². The zero-order chi connectivity index (χ0) is 19.6. The van der Waals surface area contributed by atoms with Crippen molar-refractivity contribution in [1.82, 2.24) is 14.7 Å². The van der Waals surface area contributed by atoms with Crippen molar-refractivity contribution >= 4 is 29.2 Å². The molecule has 1 heterocycles. The summed E-state index contributed by atoms with van der Waals surface area (Å²) in [5.74, 6) is -0.612. The molecule has 0 aliphatic heterocycles. The summed E-state index contributed by atoms with van der Waals surface area (Å²) in [6, 6.07) is 4.33. The number of anilines is 1. The van der Waals surface area contributed by atoms with Crippen LogP contribution in [0.15, 0.2) is 18.2 Å². The Morgan fingerprint density at radius 2 is 2.00 bits per heavy atom. The number of nitrogens with one attached hydrogen (secondary N) is 1. The topological polar surface area (TPSA) is 93.2 Å². The fraction of sp³-hybridized carbons (Fsp3) is 0.389. The lowest BCUT2D eigenvalue weighted by Gasteiger charge is -2.27. The summed E-state index contributed by atoms with van der Waals surface area (Å²) >= 11 is 6.05. The van der Waals surface area contributed by atoms with Crippen LogP contribution >= 0.6 is 11.6 Å². The van der Waals surface area contributed by atoms with Crippen LogP contribution in [0.5, 0.6) is 0 Å². The third-order valence-corrected chi connectivity index (χ3v) is 4.67. The quantitative estimate of drug-likeness (QED) is 0.837. The second kappa shape index (κ2) is 7.78. The van der Waals surface area contributed by atoms with E-state index in [4.69, 9.17) is 17.3 Å². The first-order valence-corrected chi connectivity index (χ1v) is 8.65. The van der Waals surface area contributed by atoms with E-state index in [0.29, 0.717) is 12.2 Å². The highest BCUT2D eigenvalue weighted by molar-refractivity contribution is 6.34. The molecule has 0 saturated heterocycles. The van der Waals surface area contributed by atoms with E-state index in [9.17, 15) is 9.59 Å². The fourth-order valence-corrected chi connectivity index (χ4v) is 2.97. The molecule has 0 aliphatic carbocycles. The standard InChI is InChI=1S/C18H24ClN5O2/c1-10(2)24(9-15-11(3)22-23(5)12(15)4)18(26)21-13-6-7-14(17(20)25)16(19)8-13/h6-8,10H,9H2,1-5H3,(H2,20,25)(H,21,26). The van der Waals surface area contributed by atoms with Crippen LogP contribution in [0.2, 0.25) is 5.02 Å². The number of nitrogens with zero attached hydrogens (tertiary/aromatic N) is 3. The highest BCUT2D eigenvalue weighted by Gasteiger charge is 2.21. The molecule has 0 spiro atoms. The summed E-state index contributed by atoms with van der Waals surface area (Å²) in [5, 5.41) is 7.42. The van der Waals surface area contributed by atoms with E-state index in [1.54, 1.807) is 11.0 Å². The van der Waals surface area contributed by atoms with Crippen LogP contribution in [-0.2, 0) is 13.6 Å². The molecule has 8 heteroatoms. The van der Waals surface area contributed by atoms with Crippen molar-refractivity contribution in [1.29, 1.82) is 0 Å². The maximum absolute atomic E-state index is 12.8. The number of halogens is 1. The van der Waals surface area contributed by atoms with Gasteiger partial charge in [0.1, 0.15) is 0 Å². The number of aryl methyl sites for hydroxylation is 2. The van der Waals surface area contributed by atoms with Gasteiger partial charge in [-0.1, -0.05) is 11.6 Å². The second-order valence-corrected chi connectivity index (χ2v) is 6.89. The molecule has 7 nitrogen and oxygen atoms in total. The van der Waals surface area contributed by atoms with Crippen LogP contribution < -0.4 is 11.1 Å². The van der Waals surface area contributed by atoms with E-state index < -0.39 is 5.91 Å². The number of hydrogen-bond acceptors (Lipinski definition) is 3. The van der Waals surface area contributed by atoms with Crippen LogP contribution in [0.1, 0.15) is 41.2 Å². The minimum Gasteiger partial charge on any atom is -0.366 e. The maximum Gasteiger partial charge on any atom is 0.322 e. The predicted octanol–water partition coefficient (Wildman–Crippen LogP) is 3.23. The number of amides is 3. The van der Waals surface area contributed by atoms with E-state index in [1.807, 2.05) is 39.4 Å². The molecule has 0 bridgehead atoms. The Kier molecular flexibility index (Phi) is 5.92. The number of primary amides is 1. The average Bonchev–Trinajstić information content (AvgIpc) is 2.77. The second-order valence-electron chi connectivity index (χ2n) is 6.48. The van der Waals surface area contributed by atoms with Gasteiger partial charge in [0.15, 0.2) is 0 Å². The van der Waals surface area contributed by atoms with Crippen molar-refractivity contribution < 1.29 is 9.59 Å². The van der Waals surface area contributed by atoms with Gasteiger partial charge in [-0.25, -0.2) is 4.79 Å². The molecule has 3 amide bonds. The molecule has 0 atom stereocenters. The van der Waals surface area contributed by atoms with Gasteiger partial charge < -0.3 is 16.0 Å². The molecular weight excluding hydrogens is 354 g/mol. The lowest BCUT2D eigenvalue weighted by Crippen LogP contribution is -2.39. The Bertz CT molecular complexity index is 844. The maximum atomic E-state index is 12.8. The lowest BCUT2D eigenvalue weighted by atomic mass is 10.1. The number of urea groups is 1. The normalized spacial score (nSPS) is 10.9. The Hall–Kier alpha value is -2.54. The molecular formula is C18H24ClN5O2. The summed E-state index contributed by atoms with van der Waals surface area (Å²) in [4.78, 5) is 25.7.